The topological polar surface area (TPSA) is 43.4 Å². The number of ether oxygens (including phenoxy) is 1. The van der Waals surface area contributed by atoms with E-state index in [-0.39, 0.29) is 0 Å². The molecule has 0 N–H and O–H groups in total. The Morgan fingerprint density at radius 2 is 1.23 bits per heavy atom. The number of methoxy groups -OCH3 is 1. The Bertz CT molecular complexity index is 623. The molecule has 0 aliphatic heterocycles. The fourth-order valence-corrected chi connectivity index (χ4v) is 1.84. The second-order valence-electron chi connectivity index (χ2n) is 4.28. The number of halogens is 2. The van der Waals surface area contributed by atoms with Crippen molar-refractivity contribution in [2.75, 3.05) is 7.11 Å². The molecule has 0 heterocycles. The van der Waals surface area contributed by atoms with Crippen molar-refractivity contribution in [3.05, 3.63) is 64.7 Å². The standard InChI is InChI=1S/C17H14O3.I2/c1-20-17-6-4-13(5-7-17)2-3-14-8-15(11-18)10-16(9-14)12-19;1-2/h2-12H,1H3;/b3-2+;. The first-order valence-electron chi connectivity index (χ1n) is 6.27. The molecule has 0 bridgehead atoms. The van der Waals surface area contributed by atoms with Crippen LogP contribution in [0.4, 0.5) is 0 Å². The molecule has 0 fully saturated rings. The smallest absolute Gasteiger partial charge is 0.150 e. The average Bonchev–Trinajstić information content (AvgIpc) is 2.61. The third-order valence-electron chi connectivity index (χ3n) is 2.86. The minimum absolute atomic E-state index is 0.490. The van der Waals surface area contributed by atoms with Crippen LogP contribution < -0.4 is 4.74 Å². The maximum absolute atomic E-state index is 10.8. The van der Waals surface area contributed by atoms with Crippen molar-refractivity contribution in [2.45, 2.75) is 0 Å². The third-order valence-corrected chi connectivity index (χ3v) is 2.86. The highest BCUT2D eigenvalue weighted by Gasteiger charge is 1.98. The largest absolute Gasteiger partial charge is 0.497 e. The van der Waals surface area contributed by atoms with Crippen LogP contribution >= 0.6 is 37.2 Å². The molecule has 2 aromatic rings. The first-order valence-corrected chi connectivity index (χ1v) is 12.6. The van der Waals surface area contributed by atoms with Crippen molar-refractivity contribution in [3.63, 3.8) is 0 Å². The van der Waals surface area contributed by atoms with E-state index in [0.29, 0.717) is 11.1 Å². The van der Waals surface area contributed by atoms with Crippen LogP contribution in [0.1, 0.15) is 31.8 Å². The van der Waals surface area contributed by atoms with Gasteiger partial charge >= 0.3 is 0 Å². The zero-order valence-corrected chi connectivity index (χ0v) is 16.1. The molecule has 22 heavy (non-hydrogen) atoms. The van der Waals surface area contributed by atoms with E-state index in [2.05, 4.69) is 37.2 Å². The van der Waals surface area contributed by atoms with Gasteiger partial charge in [-0.15, -0.1) is 0 Å². The number of carbonyl (C=O) groups is 2. The number of hydrogen-bond donors (Lipinski definition) is 0. The Kier molecular flexibility index (Phi) is 8.98. The Morgan fingerprint density at radius 1 is 0.773 bits per heavy atom. The molecule has 0 saturated carbocycles. The van der Waals surface area contributed by atoms with Crippen LogP contribution in [-0.4, -0.2) is 19.7 Å². The van der Waals surface area contributed by atoms with Crippen LogP contribution in [0.25, 0.3) is 12.2 Å². The molecule has 2 rings (SSSR count). The molecule has 0 radical (unpaired) electrons. The van der Waals surface area contributed by atoms with Gasteiger partial charge in [0.05, 0.1) is 7.11 Å². The van der Waals surface area contributed by atoms with Gasteiger partial charge in [0, 0.05) is 48.4 Å². The van der Waals surface area contributed by atoms with Crippen molar-refractivity contribution < 1.29 is 14.3 Å². The van der Waals surface area contributed by atoms with E-state index in [1.54, 1.807) is 25.3 Å². The van der Waals surface area contributed by atoms with Gasteiger partial charge in [-0.05, 0) is 41.5 Å². The van der Waals surface area contributed by atoms with Crippen LogP contribution in [-0.2, 0) is 0 Å². The quantitative estimate of drug-likeness (QED) is 0.307. The molecule has 0 unspecified atom stereocenters. The predicted molar refractivity (Wildman–Crippen MR) is 107 cm³/mol. The summed E-state index contributed by atoms with van der Waals surface area (Å²) in [6.45, 7) is 0. The highest BCUT2D eigenvalue weighted by Crippen LogP contribution is 2.15. The molecule has 5 heteroatoms. The molecule has 0 aliphatic carbocycles. The van der Waals surface area contributed by atoms with Gasteiger partial charge in [0.25, 0.3) is 0 Å². The first kappa shape index (κ1) is 18.8. The van der Waals surface area contributed by atoms with Crippen LogP contribution in [0.3, 0.4) is 0 Å². The summed E-state index contributed by atoms with van der Waals surface area (Å²) in [4.78, 5) is 21.6. The van der Waals surface area contributed by atoms with Crippen molar-refractivity contribution in [2.24, 2.45) is 0 Å². The monoisotopic (exact) mass is 520 g/mol. The highest BCUT2D eigenvalue weighted by atomic mass is 128. The van der Waals surface area contributed by atoms with Gasteiger partial charge in [0.2, 0.25) is 0 Å². The van der Waals surface area contributed by atoms with Crippen LogP contribution in [0.5, 0.6) is 5.75 Å². The van der Waals surface area contributed by atoms with Crippen LogP contribution in [0, 0.1) is 0 Å². The van der Waals surface area contributed by atoms with E-state index in [4.69, 9.17) is 4.74 Å². The fourth-order valence-electron chi connectivity index (χ4n) is 1.84. The minimum atomic E-state index is 0.490. The van der Waals surface area contributed by atoms with Crippen molar-refractivity contribution >= 4 is 62.0 Å². The van der Waals surface area contributed by atoms with Crippen LogP contribution in [0.2, 0.25) is 0 Å². The Balaban J connectivity index is 0.00000116. The summed E-state index contributed by atoms with van der Waals surface area (Å²) in [5.74, 6) is 0.799. The van der Waals surface area contributed by atoms with E-state index in [1.165, 1.54) is 0 Å². The highest BCUT2D eigenvalue weighted by molar-refractivity contribution is 15.0. The number of aldehydes is 2. The molecule has 0 atom stereocenters. The van der Waals surface area contributed by atoms with E-state index < -0.39 is 0 Å². The Labute approximate surface area is 153 Å². The minimum Gasteiger partial charge on any atom is -0.497 e. The zero-order chi connectivity index (χ0) is 16.4. The third kappa shape index (κ3) is 5.88. The second kappa shape index (κ2) is 10.5. The lowest BCUT2D eigenvalue weighted by Gasteiger charge is -2.00. The maximum atomic E-state index is 10.8. The zero-order valence-electron chi connectivity index (χ0n) is 11.8. The summed E-state index contributed by atoms with van der Waals surface area (Å²) in [5.41, 5.74) is 2.80. The average molecular weight is 520 g/mol. The van der Waals surface area contributed by atoms with Crippen molar-refractivity contribution in [1.82, 2.24) is 0 Å². The molecule has 3 nitrogen and oxygen atoms in total. The number of rotatable bonds is 5. The molecule has 0 saturated heterocycles. The molecule has 114 valence electrons. The van der Waals surface area contributed by atoms with Gasteiger partial charge in [-0.25, -0.2) is 0 Å². The van der Waals surface area contributed by atoms with Gasteiger partial charge in [0.15, 0.2) is 0 Å². The molecule has 0 amide bonds. The molecular formula is C17H14I2O3. The van der Waals surface area contributed by atoms with E-state index in [9.17, 15) is 9.59 Å². The summed E-state index contributed by atoms with van der Waals surface area (Å²) in [7, 11) is 1.62. The molecule has 0 spiro atoms. The lowest BCUT2D eigenvalue weighted by atomic mass is 10.1. The summed E-state index contributed by atoms with van der Waals surface area (Å²) in [6.07, 6.45) is 5.25. The predicted octanol–water partition coefficient (Wildman–Crippen LogP) is 5.26. The fraction of sp³-hybridized carbons (Fsp3) is 0.0588. The normalized spacial score (nSPS) is 9.77. The molecular weight excluding hydrogens is 506 g/mol. The number of hydrogen-bond acceptors (Lipinski definition) is 3. The second-order valence-corrected chi connectivity index (χ2v) is 4.28. The molecule has 0 aliphatic rings. The van der Waals surface area contributed by atoms with E-state index in [0.717, 1.165) is 29.4 Å². The van der Waals surface area contributed by atoms with Gasteiger partial charge < -0.3 is 4.74 Å². The molecule has 0 aromatic heterocycles. The summed E-state index contributed by atoms with van der Waals surface area (Å²) in [6, 6.07) is 12.6. The summed E-state index contributed by atoms with van der Waals surface area (Å²) in [5, 5.41) is 0. The SMILES string of the molecule is COc1ccc(/C=C/c2cc(C=O)cc(C=O)c2)cc1.II. The summed E-state index contributed by atoms with van der Waals surface area (Å²) < 4.78 is 5.09. The van der Waals surface area contributed by atoms with Crippen molar-refractivity contribution in [3.8, 4) is 5.75 Å². The lowest BCUT2D eigenvalue weighted by molar-refractivity contribution is 0.112. The van der Waals surface area contributed by atoms with E-state index >= 15 is 0 Å². The van der Waals surface area contributed by atoms with Crippen LogP contribution in [0.15, 0.2) is 42.5 Å². The van der Waals surface area contributed by atoms with Gasteiger partial charge in [-0.3, -0.25) is 9.59 Å². The first-order chi connectivity index (χ1) is 10.7. The molecule has 2 aromatic carbocycles. The maximum Gasteiger partial charge on any atom is 0.150 e. The van der Waals surface area contributed by atoms with Gasteiger partial charge in [-0.1, -0.05) is 24.3 Å². The number of carbonyl (C=O) groups excluding carboxylic acids is 2. The Hall–Kier alpha value is -1.22. The lowest BCUT2D eigenvalue weighted by Crippen LogP contribution is -1.87. The number of benzene rings is 2. The van der Waals surface area contributed by atoms with Crippen molar-refractivity contribution in [1.29, 1.82) is 0 Å². The summed E-state index contributed by atoms with van der Waals surface area (Å²) >= 11 is 4.24. The van der Waals surface area contributed by atoms with Gasteiger partial charge in [-0.2, -0.15) is 0 Å². The van der Waals surface area contributed by atoms with E-state index in [1.807, 2.05) is 36.4 Å². The van der Waals surface area contributed by atoms with Gasteiger partial charge in [0.1, 0.15) is 18.3 Å². The Morgan fingerprint density at radius 3 is 1.68 bits per heavy atom.